The van der Waals surface area contributed by atoms with Crippen LogP contribution >= 0.6 is 11.3 Å². The molecule has 0 saturated carbocycles. The minimum atomic E-state index is -0.563. The first-order chi connectivity index (χ1) is 5.95. The highest BCUT2D eigenvalue weighted by Crippen LogP contribution is 2.25. The van der Waals surface area contributed by atoms with Gasteiger partial charge in [-0.1, -0.05) is 20.8 Å². The summed E-state index contributed by atoms with van der Waals surface area (Å²) in [6, 6.07) is 0. The van der Waals surface area contributed by atoms with Crippen molar-refractivity contribution in [1.82, 2.24) is 10.5 Å². The third-order valence-electron chi connectivity index (χ3n) is 1.48. The zero-order chi connectivity index (χ0) is 10.1. The van der Waals surface area contributed by atoms with Gasteiger partial charge in [-0.3, -0.25) is 10.0 Å². The Hall–Kier alpha value is -0.940. The topological polar surface area (TPSA) is 62.2 Å². The van der Waals surface area contributed by atoms with Crippen LogP contribution in [0.15, 0.2) is 5.38 Å². The van der Waals surface area contributed by atoms with Gasteiger partial charge in [-0.25, -0.2) is 10.5 Å². The molecule has 0 saturated heterocycles. The van der Waals surface area contributed by atoms with Crippen molar-refractivity contribution in [2.24, 2.45) is 0 Å². The molecule has 1 heterocycles. The lowest BCUT2D eigenvalue weighted by Crippen LogP contribution is -2.19. The van der Waals surface area contributed by atoms with E-state index in [1.807, 2.05) is 20.8 Å². The second-order valence-electron chi connectivity index (χ2n) is 3.73. The van der Waals surface area contributed by atoms with Crippen LogP contribution in [0.3, 0.4) is 0 Å². The minimum Gasteiger partial charge on any atom is -0.288 e. The molecule has 13 heavy (non-hydrogen) atoms. The summed E-state index contributed by atoms with van der Waals surface area (Å²) < 4.78 is 0. The molecule has 0 aliphatic heterocycles. The van der Waals surface area contributed by atoms with Crippen LogP contribution in [0.2, 0.25) is 0 Å². The molecule has 0 atom stereocenters. The van der Waals surface area contributed by atoms with Crippen LogP contribution in [0.5, 0.6) is 0 Å². The lowest BCUT2D eigenvalue weighted by Gasteiger charge is -2.13. The Labute approximate surface area is 80.6 Å². The second kappa shape index (κ2) is 3.43. The third kappa shape index (κ3) is 2.26. The van der Waals surface area contributed by atoms with Gasteiger partial charge in [-0.15, -0.1) is 11.3 Å². The van der Waals surface area contributed by atoms with Crippen molar-refractivity contribution < 1.29 is 10.0 Å². The molecular weight excluding hydrogens is 188 g/mol. The Balaban J connectivity index is 2.93. The maximum Gasteiger partial charge on any atom is 0.294 e. The molecule has 0 aromatic carbocycles. The summed E-state index contributed by atoms with van der Waals surface area (Å²) in [4.78, 5) is 15.0. The fraction of sp³-hybridized carbons (Fsp3) is 0.500. The Morgan fingerprint density at radius 3 is 2.62 bits per heavy atom. The first-order valence-corrected chi connectivity index (χ1v) is 4.73. The van der Waals surface area contributed by atoms with E-state index in [1.165, 1.54) is 11.3 Å². The van der Waals surface area contributed by atoms with E-state index < -0.39 is 5.91 Å². The van der Waals surface area contributed by atoms with Gasteiger partial charge in [0.25, 0.3) is 5.91 Å². The van der Waals surface area contributed by atoms with Crippen LogP contribution < -0.4 is 5.48 Å². The fourth-order valence-corrected chi connectivity index (χ4v) is 1.67. The van der Waals surface area contributed by atoms with Gasteiger partial charge in [0.1, 0.15) is 5.69 Å². The van der Waals surface area contributed by atoms with E-state index in [2.05, 4.69) is 4.98 Å². The van der Waals surface area contributed by atoms with Crippen LogP contribution in [0.1, 0.15) is 36.3 Å². The van der Waals surface area contributed by atoms with Gasteiger partial charge in [-0.05, 0) is 0 Å². The number of hydrogen-bond acceptors (Lipinski definition) is 4. The monoisotopic (exact) mass is 200 g/mol. The van der Waals surface area contributed by atoms with Crippen molar-refractivity contribution in [3.8, 4) is 0 Å². The summed E-state index contributed by atoms with van der Waals surface area (Å²) in [5, 5.41) is 10.9. The van der Waals surface area contributed by atoms with Gasteiger partial charge in [-0.2, -0.15) is 0 Å². The predicted molar refractivity (Wildman–Crippen MR) is 50.1 cm³/mol. The average molecular weight is 200 g/mol. The highest BCUT2D eigenvalue weighted by atomic mass is 32.1. The minimum absolute atomic E-state index is 0.0569. The van der Waals surface area contributed by atoms with Crippen LogP contribution in [0.4, 0.5) is 0 Å². The molecule has 0 radical (unpaired) electrons. The summed E-state index contributed by atoms with van der Waals surface area (Å²) in [5.41, 5.74) is 1.76. The number of rotatable bonds is 1. The predicted octanol–water partition coefficient (Wildman–Crippen LogP) is 1.56. The molecule has 0 bridgehead atoms. The van der Waals surface area contributed by atoms with E-state index >= 15 is 0 Å². The molecule has 1 aromatic rings. The summed E-state index contributed by atoms with van der Waals surface area (Å²) in [7, 11) is 0. The van der Waals surface area contributed by atoms with Gasteiger partial charge < -0.3 is 0 Å². The van der Waals surface area contributed by atoms with Crippen molar-refractivity contribution in [1.29, 1.82) is 0 Å². The lowest BCUT2D eigenvalue weighted by molar-refractivity contribution is 0.0701. The quantitative estimate of drug-likeness (QED) is 0.534. The number of carbonyl (C=O) groups excluding carboxylic acids is 1. The number of nitrogens with zero attached hydrogens (tertiary/aromatic N) is 1. The molecule has 1 amide bonds. The molecular formula is C8H12N2O2S. The van der Waals surface area contributed by atoms with Crippen molar-refractivity contribution >= 4 is 17.2 Å². The van der Waals surface area contributed by atoms with Gasteiger partial charge in [0.15, 0.2) is 0 Å². The summed E-state index contributed by atoms with van der Waals surface area (Å²) in [6.45, 7) is 6.06. The van der Waals surface area contributed by atoms with Crippen molar-refractivity contribution in [2.75, 3.05) is 0 Å². The van der Waals surface area contributed by atoms with Crippen molar-refractivity contribution in [3.05, 3.63) is 16.1 Å². The van der Waals surface area contributed by atoms with Crippen LogP contribution in [0.25, 0.3) is 0 Å². The number of amides is 1. The number of aromatic nitrogens is 1. The normalized spacial score (nSPS) is 11.4. The summed E-state index contributed by atoms with van der Waals surface area (Å²) in [6.07, 6.45) is 0. The van der Waals surface area contributed by atoms with Crippen LogP contribution in [0, 0.1) is 0 Å². The number of thiazole rings is 1. The number of nitrogens with one attached hydrogen (secondary N) is 1. The molecule has 0 unspecified atom stereocenters. The summed E-state index contributed by atoms with van der Waals surface area (Å²) >= 11 is 1.42. The molecule has 1 aromatic heterocycles. The molecule has 0 aliphatic rings. The Morgan fingerprint density at radius 1 is 1.62 bits per heavy atom. The number of carbonyl (C=O) groups is 1. The molecule has 72 valence electrons. The van der Waals surface area contributed by atoms with Gasteiger partial charge >= 0.3 is 0 Å². The van der Waals surface area contributed by atoms with Crippen LogP contribution in [-0.4, -0.2) is 16.1 Å². The largest absolute Gasteiger partial charge is 0.294 e. The highest BCUT2D eigenvalue weighted by molar-refractivity contribution is 7.10. The molecule has 5 heteroatoms. The molecule has 1 rings (SSSR count). The molecule has 0 fully saturated rings. The zero-order valence-electron chi connectivity index (χ0n) is 7.79. The molecule has 0 aliphatic carbocycles. The van der Waals surface area contributed by atoms with E-state index in [0.717, 1.165) is 5.01 Å². The van der Waals surface area contributed by atoms with Crippen molar-refractivity contribution in [3.63, 3.8) is 0 Å². The number of hydroxylamine groups is 1. The van der Waals surface area contributed by atoms with E-state index in [4.69, 9.17) is 5.21 Å². The fourth-order valence-electron chi connectivity index (χ4n) is 0.780. The van der Waals surface area contributed by atoms with E-state index in [1.54, 1.807) is 10.9 Å². The van der Waals surface area contributed by atoms with Crippen molar-refractivity contribution in [2.45, 2.75) is 26.2 Å². The second-order valence-corrected chi connectivity index (χ2v) is 4.59. The maximum atomic E-state index is 10.9. The average Bonchev–Trinajstić information content (AvgIpc) is 2.50. The highest BCUT2D eigenvalue weighted by Gasteiger charge is 2.19. The zero-order valence-corrected chi connectivity index (χ0v) is 8.60. The van der Waals surface area contributed by atoms with E-state index in [-0.39, 0.29) is 11.1 Å². The lowest BCUT2D eigenvalue weighted by atomic mass is 9.98. The number of hydrogen-bond donors (Lipinski definition) is 2. The van der Waals surface area contributed by atoms with Gasteiger partial charge in [0.2, 0.25) is 0 Å². The molecule has 4 nitrogen and oxygen atoms in total. The standard InChI is InChI=1S/C8H12N2O2S/c1-8(2,3)7-9-5(4-13-7)6(11)10-12/h4,12H,1-3H3,(H,10,11). The third-order valence-corrected chi connectivity index (χ3v) is 2.75. The van der Waals surface area contributed by atoms with Gasteiger partial charge in [0.05, 0.1) is 5.01 Å². The molecule has 2 N–H and O–H groups in total. The first-order valence-electron chi connectivity index (χ1n) is 3.85. The van der Waals surface area contributed by atoms with Gasteiger partial charge in [0, 0.05) is 10.8 Å². The Morgan fingerprint density at radius 2 is 2.23 bits per heavy atom. The van der Waals surface area contributed by atoms with Crippen LogP contribution in [-0.2, 0) is 5.41 Å². The first kappa shape index (κ1) is 10.1. The van der Waals surface area contributed by atoms with E-state index in [9.17, 15) is 4.79 Å². The Kier molecular flexibility index (Phi) is 2.68. The maximum absolute atomic E-state index is 10.9. The summed E-state index contributed by atoms with van der Waals surface area (Å²) in [5.74, 6) is -0.563. The Bertz CT molecular complexity index is 314. The smallest absolute Gasteiger partial charge is 0.288 e. The van der Waals surface area contributed by atoms with E-state index in [0.29, 0.717) is 0 Å². The molecule has 0 spiro atoms. The SMILES string of the molecule is CC(C)(C)c1nc(C(=O)NO)cs1.